The molecule has 154 valence electrons. The van der Waals surface area contributed by atoms with Gasteiger partial charge in [-0.05, 0) is 35.8 Å². The lowest BCUT2D eigenvalue weighted by molar-refractivity contribution is -0.114. The zero-order valence-electron chi connectivity index (χ0n) is 17.0. The molecule has 0 bridgehead atoms. The van der Waals surface area contributed by atoms with Gasteiger partial charge in [-0.25, -0.2) is 0 Å². The van der Waals surface area contributed by atoms with Gasteiger partial charge in [0, 0.05) is 18.6 Å². The number of rotatable bonds is 9. The molecule has 0 amide bonds. The molecule has 5 heteroatoms. The fourth-order valence-electron chi connectivity index (χ4n) is 2.90. The maximum Gasteiger partial charge on any atom is 0.201 e. The van der Waals surface area contributed by atoms with Gasteiger partial charge in [-0.2, -0.15) is 0 Å². The minimum absolute atomic E-state index is 0.0789. The molecular formula is C25H24O5. The van der Waals surface area contributed by atoms with E-state index < -0.39 is 0 Å². The number of hydrogen-bond donors (Lipinski definition) is 1. The Morgan fingerprint density at radius 2 is 1.53 bits per heavy atom. The van der Waals surface area contributed by atoms with Gasteiger partial charge in [-0.3, -0.25) is 4.79 Å². The summed E-state index contributed by atoms with van der Waals surface area (Å²) < 4.78 is 16.1. The topological polar surface area (TPSA) is 65.0 Å². The molecular weight excluding hydrogens is 380 g/mol. The molecule has 0 saturated carbocycles. The van der Waals surface area contributed by atoms with E-state index in [0.717, 1.165) is 17.5 Å². The molecule has 0 aliphatic heterocycles. The van der Waals surface area contributed by atoms with Crippen molar-refractivity contribution >= 4 is 11.9 Å². The predicted molar refractivity (Wildman–Crippen MR) is 117 cm³/mol. The van der Waals surface area contributed by atoms with Crippen molar-refractivity contribution in [2.45, 2.75) is 12.8 Å². The number of aryl methyl sites for hydroxylation is 1. The summed E-state index contributed by atoms with van der Waals surface area (Å²) in [6, 6.07) is 20.5. The van der Waals surface area contributed by atoms with E-state index in [0.29, 0.717) is 17.9 Å². The molecule has 0 aliphatic carbocycles. The molecule has 3 aromatic carbocycles. The number of methoxy groups -OCH3 is 2. The van der Waals surface area contributed by atoms with E-state index in [1.807, 2.05) is 42.5 Å². The van der Waals surface area contributed by atoms with E-state index in [9.17, 15) is 9.90 Å². The Hall–Kier alpha value is -3.73. The van der Waals surface area contributed by atoms with E-state index in [4.69, 9.17) is 14.2 Å². The third-order valence-corrected chi connectivity index (χ3v) is 4.53. The molecule has 0 saturated heterocycles. The molecule has 1 N–H and O–H groups in total. The van der Waals surface area contributed by atoms with Crippen molar-refractivity contribution in [1.29, 1.82) is 0 Å². The highest BCUT2D eigenvalue weighted by Crippen LogP contribution is 2.41. The van der Waals surface area contributed by atoms with Gasteiger partial charge in [-0.1, -0.05) is 48.5 Å². The molecule has 0 spiro atoms. The van der Waals surface area contributed by atoms with Crippen LogP contribution in [0.25, 0.3) is 6.08 Å². The number of ketones is 1. The Bertz CT molecular complexity index is 982. The fraction of sp³-hybridized carbons (Fsp3) is 0.160. The summed E-state index contributed by atoms with van der Waals surface area (Å²) in [5, 5.41) is 9.98. The second kappa shape index (κ2) is 10.2. The molecule has 0 unspecified atom stereocenters. The van der Waals surface area contributed by atoms with Crippen molar-refractivity contribution in [3.05, 3.63) is 83.9 Å². The molecule has 0 atom stereocenters. The van der Waals surface area contributed by atoms with Crippen LogP contribution >= 0.6 is 0 Å². The third-order valence-electron chi connectivity index (χ3n) is 4.53. The highest BCUT2D eigenvalue weighted by molar-refractivity contribution is 5.93. The van der Waals surface area contributed by atoms with Crippen LogP contribution in [0.4, 0.5) is 0 Å². The van der Waals surface area contributed by atoms with Gasteiger partial charge in [0.1, 0.15) is 11.5 Å². The van der Waals surface area contributed by atoms with Gasteiger partial charge in [0.05, 0.1) is 14.2 Å². The van der Waals surface area contributed by atoms with Gasteiger partial charge in [0.15, 0.2) is 17.3 Å². The molecule has 5 nitrogen and oxygen atoms in total. The first-order valence-corrected chi connectivity index (χ1v) is 9.57. The highest BCUT2D eigenvalue weighted by Gasteiger charge is 2.12. The first-order valence-electron chi connectivity index (χ1n) is 9.57. The Morgan fingerprint density at radius 1 is 0.900 bits per heavy atom. The summed E-state index contributed by atoms with van der Waals surface area (Å²) >= 11 is 0. The van der Waals surface area contributed by atoms with E-state index in [-0.39, 0.29) is 23.0 Å². The number of allylic oxidation sites excluding steroid dienone is 1. The monoisotopic (exact) mass is 404 g/mol. The highest BCUT2D eigenvalue weighted by atomic mass is 16.5. The van der Waals surface area contributed by atoms with Crippen LogP contribution in [0.3, 0.4) is 0 Å². The molecule has 0 aliphatic rings. The zero-order valence-corrected chi connectivity index (χ0v) is 17.0. The first-order chi connectivity index (χ1) is 14.6. The molecule has 0 fully saturated rings. The number of carbonyl (C=O) groups is 1. The minimum atomic E-state index is -0.0789. The number of ether oxygens (including phenoxy) is 3. The predicted octanol–water partition coefficient (Wildman–Crippen LogP) is 5.42. The largest absolute Gasteiger partial charge is 0.502 e. The van der Waals surface area contributed by atoms with Gasteiger partial charge in [-0.15, -0.1) is 0 Å². The number of benzene rings is 3. The molecule has 30 heavy (non-hydrogen) atoms. The molecule has 3 rings (SSSR count). The van der Waals surface area contributed by atoms with Crippen molar-refractivity contribution in [1.82, 2.24) is 0 Å². The van der Waals surface area contributed by atoms with Crippen LogP contribution in [0.2, 0.25) is 0 Å². The quantitative estimate of drug-likeness (QED) is 0.483. The fourth-order valence-corrected chi connectivity index (χ4v) is 2.90. The Balaban J connectivity index is 1.59. The Morgan fingerprint density at radius 3 is 2.13 bits per heavy atom. The van der Waals surface area contributed by atoms with Crippen LogP contribution in [0, 0.1) is 0 Å². The van der Waals surface area contributed by atoms with Crippen molar-refractivity contribution < 1.29 is 24.1 Å². The molecule has 3 aromatic rings. The van der Waals surface area contributed by atoms with Crippen LogP contribution in [-0.4, -0.2) is 25.1 Å². The normalized spacial score (nSPS) is 10.7. The third kappa shape index (κ3) is 5.64. The number of phenols is 1. The van der Waals surface area contributed by atoms with E-state index in [1.54, 1.807) is 36.4 Å². The Labute approximate surface area is 176 Å². The lowest BCUT2D eigenvalue weighted by atomic mass is 10.1. The second-order valence-corrected chi connectivity index (χ2v) is 6.63. The average molecular weight is 404 g/mol. The minimum Gasteiger partial charge on any atom is -0.502 e. The van der Waals surface area contributed by atoms with Crippen molar-refractivity contribution in [3.8, 4) is 28.7 Å². The van der Waals surface area contributed by atoms with Crippen LogP contribution in [0.15, 0.2) is 72.8 Å². The number of aromatic hydroxyl groups is 1. The van der Waals surface area contributed by atoms with Crippen molar-refractivity contribution in [3.63, 3.8) is 0 Å². The average Bonchev–Trinajstić information content (AvgIpc) is 2.79. The smallest absolute Gasteiger partial charge is 0.201 e. The second-order valence-electron chi connectivity index (χ2n) is 6.63. The van der Waals surface area contributed by atoms with Crippen molar-refractivity contribution in [2.24, 2.45) is 0 Å². The van der Waals surface area contributed by atoms with Gasteiger partial charge >= 0.3 is 0 Å². The lowest BCUT2D eigenvalue weighted by Gasteiger charge is -2.12. The summed E-state index contributed by atoms with van der Waals surface area (Å²) in [6.07, 6.45) is 4.61. The maximum absolute atomic E-state index is 12.1. The Kier molecular flexibility index (Phi) is 7.11. The molecule has 0 aromatic heterocycles. The maximum atomic E-state index is 12.1. The van der Waals surface area contributed by atoms with Gasteiger partial charge in [0.2, 0.25) is 5.75 Å². The van der Waals surface area contributed by atoms with E-state index in [2.05, 4.69) is 0 Å². The summed E-state index contributed by atoms with van der Waals surface area (Å²) in [6.45, 7) is 0. The number of carbonyl (C=O) groups excluding carboxylic acids is 1. The molecule has 0 heterocycles. The summed E-state index contributed by atoms with van der Waals surface area (Å²) in [4.78, 5) is 12.1. The first kappa shape index (κ1) is 21.0. The summed E-state index contributed by atoms with van der Waals surface area (Å²) in [5.41, 5.74) is 2.06. The van der Waals surface area contributed by atoms with Crippen LogP contribution in [-0.2, 0) is 11.2 Å². The van der Waals surface area contributed by atoms with Crippen LogP contribution in [0.1, 0.15) is 17.5 Å². The summed E-state index contributed by atoms with van der Waals surface area (Å²) in [5.74, 6) is 1.61. The lowest BCUT2D eigenvalue weighted by Crippen LogP contribution is -1.95. The standard InChI is InChI=1S/C25H24O5/c1-28-23-16-22(17-24(29-2)25(23)27)30-21-14-10-19(11-15-21)9-13-20(26)12-8-18-6-4-3-5-7-18/h3-7,9-11,13-17,27H,8,12H2,1-2H3/b13-9+. The molecule has 0 radical (unpaired) electrons. The van der Waals surface area contributed by atoms with E-state index in [1.165, 1.54) is 14.2 Å². The van der Waals surface area contributed by atoms with Crippen LogP contribution < -0.4 is 14.2 Å². The summed E-state index contributed by atoms with van der Waals surface area (Å²) in [7, 11) is 2.92. The SMILES string of the molecule is COc1cc(Oc2ccc(/C=C/C(=O)CCc3ccccc3)cc2)cc(OC)c1O. The number of hydrogen-bond acceptors (Lipinski definition) is 5. The van der Waals surface area contributed by atoms with Gasteiger partial charge < -0.3 is 19.3 Å². The van der Waals surface area contributed by atoms with E-state index >= 15 is 0 Å². The zero-order chi connectivity index (χ0) is 21.3. The van der Waals surface area contributed by atoms with Crippen molar-refractivity contribution in [2.75, 3.05) is 14.2 Å². The van der Waals surface area contributed by atoms with Crippen LogP contribution in [0.5, 0.6) is 28.7 Å². The van der Waals surface area contributed by atoms with Gasteiger partial charge in [0.25, 0.3) is 0 Å². The number of phenolic OH excluding ortho intramolecular Hbond substituents is 1.